The third kappa shape index (κ3) is 2.21. The number of nitrogen functional groups attached to an aromatic ring is 2. The fraction of sp³-hybridized carbons (Fsp3) is 0.556. The Bertz CT molecular complexity index is 756. The second kappa shape index (κ2) is 4.98. The molecule has 5 heteroatoms. The summed E-state index contributed by atoms with van der Waals surface area (Å²) in [7, 11) is 0. The van der Waals surface area contributed by atoms with E-state index in [2.05, 4.69) is 23.8 Å². The van der Waals surface area contributed by atoms with Crippen LogP contribution in [0.1, 0.15) is 33.1 Å². The maximum absolute atomic E-state index is 6.17. The summed E-state index contributed by atoms with van der Waals surface area (Å²) < 4.78 is 6.17. The Morgan fingerprint density at radius 1 is 1.22 bits per heavy atom. The van der Waals surface area contributed by atoms with Crippen molar-refractivity contribution < 1.29 is 4.74 Å². The molecule has 4 N–H and O–H groups in total. The van der Waals surface area contributed by atoms with Crippen LogP contribution in [0.5, 0.6) is 5.75 Å². The molecule has 3 aliphatic carbocycles. The summed E-state index contributed by atoms with van der Waals surface area (Å²) in [5.74, 6) is 3.66. The Morgan fingerprint density at radius 3 is 2.78 bits per heavy atom. The highest BCUT2D eigenvalue weighted by Gasteiger charge is 2.54. The molecule has 0 spiro atoms. The summed E-state index contributed by atoms with van der Waals surface area (Å²) in [6.07, 6.45) is 3.95. The highest BCUT2D eigenvalue weighted by atomic mass is 16.5. The zero-order chi connectivity index (χ0) is 16.2. The number of anilines is 2. The van der Waals surface area contributed by atoms with Gasteiger partial charge in [-0.25, -0.2) is 4.98 Å². The van der Waals surface area contributed by atoms with Gasteiger partial charge >= 0.3 is 0 Å². The Morgan fingerprint density at radius 2 is 2.04 bits per heavy atom. The molecule has 5 nitrogen and oxygen atoms in total. The first-order valence-electron chi connectivity index (χ1n) is 8.41. The Balaban J connectivity index is 1.57. The van der Waals surface area contributed by atoms with Crippen molar-refractivity contribution in [1.82, 2.24) is 9.97 Å². The number of nitrogens with zero attached hydrogens (tertiary/aromatic N) is 2. The number of hydrogen-bond donors (Lipinski definition) is 2. The predicted octanol–water partition coefficient (Wildman–Crippen LogP) is 3.25. The Kier molecular flexibility index (Phi) is 3.15. The molecule has 0 unspecified atom stereocenters. The molecule has 3 saturated carbocycles. The van der Waals surface area contributed by atoms with Gasteiger partial charge in [0.15, 0.2) is 0 Å². The lowest BCUT2D eigenvalue weighted by molar-refractivity contribution is -0.114. The van der Waals surface area contributed by atoms with Gasteiger partial charge in [-0.15, -0.1) is 0 Å². The summed E-state index contributed by atoms with van der Waals surface area (Å²) in [5, 5.41) is 0.767. The van der Waals surface area contributed by atoms with Gasteiger partial charge in [0, 0.05) is 0 Å². The summed E-state index contributed by atoms with van der Waals surface area (Å²) in [4.78, 5) is 8.31. The fourth-order valence-electron chi connectivity index (χ4n) is 4.68. The van der Waals surface area contributed by atoms with Crippen LogP contribution < -0.4 is 16.2 Å². The molecule has 2 aromatic rings. The molecule has 0 saturated heterocycles. The van der Waals surface area contributed by atoms with Gasteiger partial charge in [-0.2, -0.15) is 4.98 Å². The van der Waals surface area contributed by atoms with Crippen molar-refractivity contribution in [2.24, 2.45) is 23.2 Å². The average Bonchev–Trinajstić information content (AvgIpc) is 2.52. The lowest BCUT2D eigenvalue weighted by atomic mass is 9.46. The lowest BCUT2D eigenvalue weighted by Crippen LogP contribution is -2.53. The molecule has 1 aromatic carbocycles. The number of aromatic nitrogens is 2. The van der Waals surface area contributed by atoms with Gasteiger partial charge in [0.1, 0.15) is 11.6 Å². The standard InChI is InChI=1S/C18H24N4O/c1-18(2)11-7-6-10(12(18)8-11)9-23-14-5-3-4-13-15(14)16(19)22-17(20)21-13/h3-5,10-12H,6-9H2,1-2H3,(H4,19,20,21,22)/t10-,11-,12+/m0/s1. The second-order valence-electron chi connectivity index (χ2n) is 7.63. The van der Waals surface area contributed by atoms with E-state index in [1.165, 1.54) is 19.3 Å². The molecule has 3 aliphatic rings. The molecule has 2 bridgehead atoms. The quantitative estimate of drug-likeness (QED) is 0.908. The molecule has 5 rings (SSSR count). The highest BCUT2D eigenvalue weighted by Crippen LogP contribution is 2.61. The van der Waals surface area contributed by atoms with Crippen molar-refractivity contribution in [3.05, 3.63) is 18.2 Å². The molecular formula is C18H24N4O. The van der Waals surface area contributed by atoms with E-state index in [1.54, 1.807) is 0 Å². The normalized spacial score (nSPS) is 28.3. The van der Waals surface area contributed by atoms with Crippen molar-refractivity contribution >= 4 is 22.7 Å². The number of nitrogens with two attached hydrogens (primary N) is 2. The minimum absolute atomic E-state index is 0.196. The zero-order valence-electron chi connectivity index (χ0n) is 13.7. The first-order valence-corrected chi connectivity index (χ1v) is 8.41. The van der Waals surface area contributed by atoms with Gasteiger partial charge < -0.3 is 16.2 Å². The van der Waals surface area contributed by atoms with E-state index >= 15 is 0 Å². The number of ether oxygens (including phenoxy) is 1. The maximum atomic E-state index is 6.17. The summed E-state index contributed by atoms with van der Waals surface area (Å²) in [6, 6.07) is 5.75. The Hall–Kier alpha value is -2.04. The van der Waals surface area contributed by atoms with E-state index in [0.29, 0.717) is 17.2 Å². The maximum Gasteiger partial charge on any atom is 0.222 e. The van der Waals surface area contributed by atoms with E-state index in [-0.39, 0.29) is 5.95 Å². The molecule has 122 valence electrons. The van der Waals surface area contributed by atoms with Crippen molar-refractivity contribution in [2.75, 3.05) is 18.1 Å². The molecular weight excluding hydrogens is 288 g/mol. The van der Waals surface area contributed by atoms with Crippen LogP contribution in [0.2, 0.25) is 0 Å². The van der Waals surface area contributed by atoms with E-state index in [4.69, 9.17) is 16.2 Å². The van der Waals surface area contributed by atoms with Crippen molar-refractivity contribution in [2.45, 2.75) is 33.1 Å². The van der Waals surface area contributed by atoms with Crippen LogP contribution >= 0.6 is 0 Å². The highest BCUT2D eigenvalue weighted by molar-refractivity contribution is 5.94. The SMILES string of the molecule is CC1(C)[C@H]2CC[C@@H](COc3cccc4nc(N)nc(N)c34)[C@H]1C2. The predicted molar refractivity (Wildman–Crippen MR) is 92.0 cm³/mol. The van der Waals surface area contributed by atoms with Crippen LogP contribution in [0.4, 0.5) is 11.8 Å². The molecule has 3 fully saturated rings. The average molecular weight is 312 g/mol. The van der Waals surface area contributed by atoms with Gasteiger partial charge in [-0.05, 0) is 54.6 Å². The van der Waals surface area contributed by atoms with Crippen molar-refractivity contribution in [3.8, 4) is 5.75 Å². The van der Waals surface area contributed by atoms with Gasteiger partial charge in [-0.3, -0.25) is 0 Å². The number of fused-ring (bicyclic) bond motifs is 3. The Labute approximate surface area is 136 Å². The van der Waals surface area contributed by atoms with E-state index in [1.807, 2.05) is 18.2 Å². The van der Waals surface area contributed by atoms with Crippen molar-refractivity contribution in [1.29, 1.82) is 0 Å². The van der Waals surface area contributed by atoms with E-state index < -0.39 is 0 Å². The first kappa shape index (κ1) is 14.5. The van der Waals surface area contributed by atoms with Gasteiger partial charge in [-0.1, -0.05) is 19.9 Å². The van der Waals surface area contributed by atoms with Crippen LogP contribution in [0.3, 0.4) is 0 Å². The molecule has 3 atom stereocenters. The molecule has 0 aliphatic heterocycles. The van der Waals surface area contributed by atoms with Crippen LogP contribution in [0, 0.1) is 23.2 Å². The molecule has 0 radical (unpaired) electrons. The van der Waals surface area contributed by atoms with Crippen molar-refractivity contribution in [3.63, 3.8) is 0 Å². The first-order chi connectivity index (χ1) is 11.0. The second-order valence-corrected chi connectivity index (χ2v) is 7.63. The lowest BCUT2D eigenvalue weighted by Gasteiger charge is -2.60. The fourth-order valence-corrected chi connectivity index (χ4v) is 4.68. The topological polar surface area (TPSA) is 87.0 Å². The minimum atomic E-state index is 0.196. The summed E-state index contributed by atoms with van der Waals surface area (Å²) in [6.45, 7) is 5.55. The molecule has 1 heterocycles. The monoisotopic (exact) mass is 312 g/mol. The van der Waals surface area contributed by atoms with E-state index in [0.717, 1.165) is 35.1 Å². The smallest absolute Gasteiger partial charge is 0.222 e. The number of rotatable bonds is 3. The van der Waals surface area contributed by atoms with Crippen LogP contribution in [-0.4, -0.2) is 16.6 Å². The number of benzene rings is 1. The number of hydrogen-bond acceptors (Lipinski definition) is 5. The summed E-state index contributed by atoms with van der Waals surface area (Å²) >= 11 is 0. The minimum Gasteiger partial charge on any atom is -0.492 e. The van der Waals surface area contributed by atoms with Crippen LogP contribution in [-0.2, 0) is 0 Å². The van der Waals surface area contributed by atoms with Gasteiger partial charge in [0.05, 0.1) is 17.5 Å². The van der Waals surface area contributed by atoms with Gasteiger partial charge in [0.25, 0.3) is 0 Å². The summed E-state index contributed by atoms with van der Waals surface area (Å²) in [5.41, 5.74) is 12.9. The van der Waals surface area contributed by atoms with Crippen LogP contribution in [0.25, 0.3) is 10.9 Å². The molecule has 1 aromatic heterocycles. The van der Waals surface area contributed by atoms with Gasteiger partial charge in [0.2, 0.25) is 5.95 Å². The van der Waals surface area contributed by atoms with Crippen LogP contribution in [0.15, 0.2) is 18.2 Å². The third-order valence-electron chi connectivity index (χ3n) is 6.18. The third-order valence-corrected chi connectivity index (χ3v) is 6.18. The zero-order valence-corrected chi connectivity index (χ0v) is 13.7. The molecule has 23 heavy (non-hydrogen) atoms. The molecule has 0 amide bonds. The largest absolute Gasteiger partial charge is 0.492 e. The van der Waals surface area contributed by atoms with E-state index in [9.17, 15) is 0 Å².